The van der Waals surface area contributed by atoms with Gasteiger partial charge in [-0.25, -0.2) is 9.78 Å². The van der Waals surface area contributed by atoms with Gasteiger partial charge in [-0.1, -0.05) is 6.07 Å². The first-order valence-corrected chi connectivity index (χ1v) is 7.76. The van der Waals surface area contributed by atoms with Crippen molar-refractivity contribution in [3.63, 3.8) is 0 Å². The van der Waals surface area contributed by atoms with Gasteiger partial charge in [0.25, 0.3) is 0 Å². The third-order valence-electron chi connectivity index (χ3n) is 4.23. The van der Waals surface area contributed by atoms with Crippen LogP contribution in [-0.4, -0.2) is 40.2 Å². The van der Waals surface area contributed by atoms with Crippen LogP contribution in [0.3, 0.4) is 0 Å². The highest BCUT2D eigenvalue weighted by atomic mass is 16.6. The minimum absolute atomic E-state index is 0.222. The summed E-state index contributed by atoms with van der Waals surface area (Å²) in [4.78, 5) is 18.0. The largest absolute Gasteiger partial charge is 0.450 e. The number of fused-ring (bicyclic) bond motifs is 1. The number of anilines is 1. The Kier molecular flexibility index (Phi) is 3.92. The van der Waals surface area contributed by atoms with Gasteiger partial charge in [-0.2, -0.15) is 0 Å². The summed E-state index contributed by atoms with van der Waals surface area (Å²) < 4.78 is 7.18. The van der Waals surface area contributed by atoms with Crippen LogP contribution in [0.25, 0.3) is 11.0 Å². The second kappa shape index (κ2) is 5.87. The zero-order chi connectivity index (χ0) is 15.7. The van der Waals surface area contributed by atoms with E-state index >= 15 is 0 Å². The van der Waals surface area contributed by atoms with Gasteiger partial charge in [0, 0.05) is 19.1 Å². The number of piperidine rings is 1. The minimum Gasteiger partial charge on any atom is -0.450 e. The van der Waals surface area contributed by atoms with Crippen LogP contribution in [0.5, 0.6) is 0 Å². The molecule has 1 aromatic heterocycles. The standard InChI is InChI=1S/C16H22N4O2/c1-3-22-16(21)19-8-6-12(7-9-19)20-14-10-11(2)4-5-13(14)18-15(20)17/h4-5,10,12H,3,6-9H2,1-2H3,(H2,17,18). The number of hydrogen-bond donors (Lipinski definition) is 1. The van der Waals surface area contributed by atoms with Crippen LogP contribution in [-0.2, 0) is 4.74 Å². The topological polar surface area (TPSA) is 73.4 Å². The summed E-state index contributed by atoms with van der Waals surface area (Å²) in [7, 11) is 0. The molecule has 6 heteroatoms. The second-order valence-electron chi connectivity index (χ2n) is 5.75. The first-order valence-electron chi connectivity index (χ1n) is 7.76. The number of hydrogen-bond acceptors (Lipinski definition) is 4. The Hall–Kier alpha value is -2.24. The Morgan fingerprint density at radius 2 is 2.14 bits per heavy atom. The Labute approximate surface area is 129 Å². The number of rotatable bonds is 2. The van der Waals surface area contributed by atoms with Crippen LogP contribution in [0.2, 0.25) is 0 Å². The highest BCUT2D eigenvalue weighted by Gasteiger charge is 2.26. The molecule has 1 aliphatic rings. The lowest BCUT2D eigenvalue weighted by Gasteiger charge is -2.32. The van der Waals surface area contributed by atoms with E-state index in [0.717, 1.165) is 23.9 Å². The van der Waals surface area contributed by atoms with Crippen LogP contribution in [0, 0.1) is 6.92 Å². The number of ether oxygens (including phenoxy) is 1. The van der Waals surface area contributed by atoms with Crippen molar-refractivity contribution in [2.75, 3.05) is 25.4 Å². The summed E-state index contributed by atoms with van der Waals surface area (Å²) in [5.74, 6) is 0.551. The number of likely N-dealkylation sites (tertiary alicyclic amines) is 1. The van der Waals surface area contributed by atoms with E-state index in [1.54, 1.807) is 4.90 Å². The van der Waals surface area contributed by atoms with Crippen molar-refractivity contribution >= 4 is 23.1 Å². The number of carbonyl (C=O) groups excluding carboxylic acids is 1. The van der Waals surface area contributed by atoms with Crippen LogP contribution in [0.1, 0.15) is 31.4 Å². The lowest BCUT2D eigenvalue weighted by Crippen LogP contribution is -2.39. The van der Waals surface area contributed by atoms with Gasteiger partial charge in [0.2, 0.25) is 5.95 Å². The minimum atomic E-state index is -0.222. The maximum atomic E-state index is 11.8. The molecule has 0 saturated carbocycles. The fourth-order valence-corrected chi connectivity index (χ4v) is 3.13. The van der Waals surface area contributed by atoms with Crippen molar-refractivity contribution in [1.82, 2.24) is 14.5 Å². The number of imidazole rings is 1. The molecule has 2 N–H and O–H groups in total. The van der Waals surface area contributed by atoms with Gasteiger partial charge >= 0.3 is 6.09 Å². The molecule has 1 amide bonds. The fraction of sp³-hybridized carbons (Fsp3) is 0.500. The molecular weight excluding hydrogens is 280 g/mol. The quantitative estimate of drug-likeness (QED) is 0.925. The van der Waals surface area contributed by atoms with Gasteiger partial charge in [-0.15, -0.1) is 0 Å². The molecule has 0 atom stereocenters. The zero-order valence-electron chi connectivity index (χ0n) is 13.1. The molecule has 1 aromatic carbocycles. The molecule has 0 spiro atoms. The summed E-state index contributed by atoms with van der Waals surface area (Å²) in [6.45, 7) is 5.68. The molecule has 1 aliphatic heterocycles. The molecule has 3 rings (SSSR count). The van der Waals surface area contributed by atoms with E-state index in [0.29, 0.717) is 25.6 Å². The molecule has 1 saturated heterocycles. The SMILES string of the molecule is CCOC(=O)N1CCC(n2c(N)nc3ccc(C)cc32)CC1. The number of nitrogens with zero attached hydrogens (tertiary/aromatic N) is 3. The van der Waals surface area contributed by atoms with Crippen LogP contribution < -0.4 is 5.73 Å². The second-order valence-corrected chi connectivity index (χ2v) is 5.75. The summed E-state index contributed by atoms with van der Waals surface area (Å²) in [6, 6.07) is 6.45. The summed E-state index contributed by atoms with van der Waals surface area (Å²) in [5.41, 5.74) is 9.32. The van der Waals surface area contributed by atoms with Crippen molar-refractivity contribution in [2.24, 2.45) is 0 Å². The lowest BCUT2D eigenvalue weighted by atomic mass is 10.0. The predicted molar refractivity (Wildman–Crippen MR) is 85.7 cm³/mol. The van der Waals surface area contributed by atoms with E-state index < -0.39 is 0 Å². The van der Waals surface area contributed by atoms with Crippen LogP contribution >= 0.6 is 0 Å². The number of amides is 1. The number of aryl methyl sites for hydroxylation is 1. The van der Waals surface area contributed by atoms with Gasteiger partial charge in [-0.05, 0) is 44.4 Å². The molecular formula is C16H22N4O2. The van der Waals surface area contributed by atoms with E-state index in [4.69, 9.17) is 10.5 Å². The molecule has 0 radical (unpaired) electrons. The Morgan fingerprint density at radius 1 is 1.41 bits per heavy atom. The predicted octanol–water partition coefficient (Wildman–Crippen LogP) is 2.72. The Balaban J connectivity index is 1.80. The highest BCUT2D eigenvalue weighted by Crippen LogP contribution is 2.30. The number of aromatic nitrogens is 2. The van der Waals surface area contributed by atoms with Crippen molar-refractivity contribution < 1.29 is 9.53 Å². The van der Waals surface area contributed by atoms with Crippen molar-refractivity contribution in [3.8, 4) is 0 Å². The average Bonchev–Trinajstić information content (AvgIpc) is 2.83. The van der Waals surface area contributed by atoms with Gasteiger partial charge in [-0.3, -0.25) is 0 Å². The Bertz CT molecular complexity index is 687. The lowest BCUT2D eigenvalue weighted by molar-refractivity contribution is 0.0932. The van der Waals surface area contributed by atoms with Gasteiger partial charge < -0.3 is 19.9 Å². The molecule has 6 nitrogen and oxygen atoms in total. The Morgan fingerprint density at radius 3 is 2.82 bits per heavy atom. The number of nitrogens with two attached hydrogens (primary N) is 1. The average molecular weight is 302 g/mol. The molecule has 118 valence electrons. The highest BCUT2D eigenvalue weighted by molar-refractivity contribution is 5.79. The van der Waals surface area contributed by atoms with E-state index in [9.17, 15) is 4.79 Å². The number of nitrogen functional groups attached to an aromatic ring is 1. The van der Waals surface area contributed by atoms with E-state index in [2.05, 4.69) is 22.5 Å². The van der Waals surface area contributed by atoms with Gasteiger partial charge in [0.15, 0.2) is 0 Å². The van der Waals surface area contributed by atoms with Crippen molar-refractivity contribution in [2.45, 2.75) is 32.7 Å². The molecule has 2 heterocycles. The van der Waals surface area contributed by atoms with E-state index in [1.165, 1.54) is 5.56 Å². The van der Waals surface area contributed by atoms with Crippen molar-refractivity contribution in [1.29, 1.82) is 0 Å². The molecule has 22 heavy (non-hydrogen) atoms. The summed E-state index contributed by atoms with van der Waals surface area (Å²) in [6.07, 6.45) is 1.51. The number of benzene rings is 1. The van der Waals surface area contributed by atoms with Gasteiger partial charge in [0.05, 0.1) is 17.6 Å². The third-order valence-corrected chi connectivity index (χ3v) is 4.23. The first kappa shape index (κ1) is 14.7. The first-order chi connectivity index (χ1) is 10.6. The molecule has 1 fully saturated rings. The maximum absolute atomic E-state index is 11.8. The van der Waals surface area contributed by atoms with Crippen LogP contribution in [0.15, 0.2) is 18.2 Å². The van der Waals surface area contributed by atoms with Gasteiger partial charge in [0.1, 0.15) is 0 Å². The molecule has 0 aliphatic carbocycles. The normalized spacial score (nSPS) is 16.2. The smallest absolute Gasteiger partial charge is 0.409 e. The molecule has 0 unspecified atom stereocenters. The zero-order valence-corrected chi connectivity index (χ0v) is 13.1. The maximum Gasteiger partial charge on any atom is 0.409 e. The number of carbonyl (C=O) groups is 1. The molecule has 2 aromatic rings. The van der Waals surface area contributed by atoms with E-state index in [-0.39, 0.29) is 12.1 Å². The summed E-state index contributed by atoms with van der Waals surface area (Å²) in [5, 5.41) is 0. The van der Waals surface area contributed by atoms with Crippen molar-refractivity contribution in [3.05, 3.63) is 23.8 Å². The monoisotopic (exact) mass is 302 g/mol. The summed E-state index contributed by atoms with van der Waals surface area (Å²) >= 11 is 0. The van der Waals surface area contributed by atoms with Crippen LogP contribution in [0.4, 0.5) is 10.7 Å². The third kappa shape index (κ3) is 2.61. The van der Waals surface area contributed by atoms with E-state index in [1.807, 2.05) is 19.1 Å². The molecule has 0 bridgehead atoms. The fourth-order valence-electron chi connectivity index (χ4n) is 3.13.